The highest BCUT2D eigenvalue weighted by molar-refractivity contribution is 5.93. The van der Waals surface area contributed by atoms with Crippen molar-refractivity contribution < 1.29 is 32.9 Å². The molecule has 4 aromatic rings. The van der Waals surface area contributed by atoms with E-state index in [4.69, 9.17) is 28.1 Å². The number of carbonyl (C=O) groups excluding carboxylic acids is 1. The lowest BCUT2D eigenvalue weighted by Gasteiger charge is -2.13. The molecule has 3 aromatic carbocycles. The fourth-order valence-electron chi connectivity index (χ4n) is 3.60. The molecule has 0 aliphatic heterocycles. The average molecular weight is 476 g/mol. The lowest BCUT2D eigenvalue weighted by atomic mass is 10.1. The summed E-state index contributed by atoms with van der Waals surface area (Å²) in [5.74, 6) is 1.21. The largest absolute Gasteiger partial charge is 0.493 e. The predicted molar refractivity (Wildman–Crippen MR) is 129 cm³/mol. The Labute approximate surface area is 201 Å². The van der Waals surface area contributed by atoms with Crippen LogP contribution < -0.4 is 29.1 Å². The third kappa shape index (κ3) is 4.77. The van der Waals surface area contributed by atoms with E-state index in [2.05, 4.69) is 0 Å². The lowest BCUT2D eigenvalue weighted by molar-refractivity contribution is 0.0734. The summed E-state index contributed by atoms with van der Waals surface area (Å²) in [6, 6.07) is 15.0. The molecule has 0 saturated heterocycles. The normalized spacial score (nSPS) is 10.6. The monoisotopic (exact) mass is 476 g/mol. The summed E-state index contributed by atoms with van der Waals surface area (Å²) in [5.41, 5.74) is 1.08. The van der Waals surface area contributed by atoms with Crippen molar-refractivity contribution >= 4 is 16.9 Å². The van der Waals surface area contributed by atoms with E-state index in [1.54, 1.807) is 6.07 Å². The van der Waals surface area contributed by atoms with Crippen LogP contribution in [0.5, 0.6) is 34.5 Å². The number of esters is 1. The quantitative estimate of drug-likeness (QED) is 0.247. The summed E-state index contributed by atoms with van der Waals surface area (Å²) in [7, 11) is 4.38. The van der Waals surface area contributed by atoms with Crippen molar-refractivity contribution in [1.29, 1.82) is 0 Å². The minimum absolute atomic E-state index is 0.0700. The molecule has 35 heavy (non-hydrogen) atoms. The molecule has 1 heterocycles. The zero-order valence-corrected chi connectivity index (χ0v) is 19.7. The summed E-state index contributed by atoms with van der Waals surface area (Å²) in [5, 5.41) is 0.295. The van der Waals surface area contributed by atoms with Crippen LogP contribution in [0.25, 0.3) is 11.0 Å². The topological polar surface area (TPSA) is 93.4 Å². The molecule has 1 aromatic heterocycles. The number of rotatable bonds is 8. The molecule has 180 valence electrons. The van der Waals surface area contributed by atoms with E-state index in [-0.39, 0.29) is 28.1 Å². The van der Waals surface area contributed by atoms with Crippen LogP contribution in [0.4, 0.5) is 0 Å². The van der Waals surface area contributed by atoms with Crippen molar-refractivity contribution in [1.82, 2.24) is 0 Å². The summed E-state index contributed by atoms with van der Waals surface area (Å²) < 4.78 is 32.8. The first-order valence-corrected chi connectivity index (χ1v) is 10.8. The summed E-state index contributed by atoms with van der Waals surface area (Å²) in [4.78, 5) is 25.7. The molecule has 0 spiro atoms. The maximum absolute atomic E-state index is 13.0. The van der Waals surface area contributed by atoms with Crippen LogP contribution in [-0.4, -0.2) is 27.3 Å². The molecular formula is C27H24O8. The molecule has 0 saturated carbocycles. The number of para-hydroxylation sites is 1. The molecule has 0 bridgehead atoms. The van der Waals surface area contributed by atoms with E-state index in [0.717, 1.165) is 12.0 Å². The van der Waals surface area contributed by atoms with Gasteiger partial charge in [-0.1, -0.05) is 25.1 Å². The van der Waals surface area contributed by atoms with E-state index in [9.17, 15) is 9.59 Å². The number of benzene rings is 3. The number of aryl methyl sites for hydroxylation is 1. The van der Waals surface area contributed by atoms with Gasteiger partial charge >= 0.3 is 5.97 Å². The molecule has 0 unspecified atom stereocenters. The van der Waals surface area contributed by atoms with Gasteiger partial charge in [-0.05, 0) is 42.3 Å². The van der Waals surface area contributed by atoms with Crippen LogP contribution >= 0.6 is 0 Å². The fourth-order valence-corrected chi connectivity index (χ4v) is 3.60. The molecule has 0 fully saturated rings. The van der Waals surface area contributed by atoms with Gasteiger partial charge in [-0.15, -0.1) is 0 Å². The number of hydrogen-bond acceptors (Lipinski definition) is 8. The SMILES string of the molecule is CCc1ccccc1Oc1coc2cc(OC(=O)c3cc(OC)c(OC)c(OC)c3)ccc2c1=O. The van der Waals surface area contributed by atoms with Gasteiger partial charge in [0.2, 0.25) is 16.9 Å². The van der Waals surface area contributed by atoms with Gasteiger partial charge < -0.3 is 28.1 Å². The van der Waals surface area contributed by atoms with Crippen molar-refractivity contribution in [2.75, 3.05) is 21.3 Å². The third-order valence-corrected chi connectivity index (χ3v) is 5.40. The Morgan fingerprint density at radius 1 is 0.857 bits per heavy atom. The Hall–Kier alpha value is -4.46. The van der Waals surface area contributed by atoms with Crippen LogP contribution in [-0.2, 0) is 6.42 Å². The molecule has 0 N–H and O–H groups in total. The number of fused-ring (bicyclic) bond motifs is 1. The van der Waals surface area contributed by atoms with Crippen LogP contribution in [0.2, 0.25) is 0 Å². The van der Waals surface area contributed by atoms with Crippen molar-refractivity contribution in [3.05, 3.63) is 82.2 Å². The molecule has 0 amide bonds. The van der Waals surface area contributed by atoms with Crippen LogP contribution in [0.15, 0.2) is 70.1 Å². The smallest absolute Gasteiger partial charge is 0.343 e. The highest BCUT2D eigenvalue weighted by atomic mass is 16.5. The van der Waals surface area contributed by atoms with Crippen molar-refractivity contribution in [2.24, 2.45) is 0 Å². The number of methoxy groups -OCH3 is 3. The van der Waals surface area contributed by atoms with Crippen LogP contribution in [0.3, 0.4) is 0 Å². The van der Waals surface area contributed by atoms with Crippen molar-refractivity contribution in [3.63, 3.8) is 0 Å². The first-order chi connectivity index (χ1) is 17.0. The predicted octanol–water partition coefficient (Wildman–Crippen LogP) is 5.39. The van der Waals surface area contributed by atoms with E-state index in [0.29, 0.717) is 28.4 Å². The molecule has 8 heteroatoms. The second kappa shape index (κ2) is 10.2. The minimum atomic E-state index is -0.651. The van der Waals surface area contributed by atoms with E-state index < -0.39 is 5.97 Å². The summed E-state index contributed by atoms with van der Waals surface area (Å²) in [6.07, 6.45) is 2.01. The van der Waals surface area contributed by atoms with Crippen molar-refractivity contribution in [3.8, 4) is 34.5 Å². The Kier molecular flexibility index (Phi) is 6.91. The van der Waals surface area contributed by atoms with Crippen molar-refractivity contribution in [2.45, 2.75) is 13.3 Å². The van der Waals surface area contributed by atoms with Gasteiger partial charge in [0.05, 0.1) is 32.3 Å². The van der Waals surface area contributed by atoms with Gasteiger partial charge in [0.15, 0.2) is 11.5 Å². The van der Waals surface area contributed by atoms with Gasteiger partial charge in [0.1, 0.15) is 23.3 Å². The molecule has 0 radical (unpaired) electrons. The molecule has 0 aliphatic rings. The van der Waals surface area contributed by atoms with Crippen LogP contribution in [0, 0.1) is 0 Å². The molecular weight excluding hydrogens is 452 g/mol. The Balaban J connectivity index is 1.60. The molecule has 4 rings (SSSR count). The van der Waals surface area contributed by atoms with Gasteiger partial charge in [-0.2, -0.15) is 0 Å². The first-order valence-electron chi connectivity index (χ1n) is 10.8. The van der Waals surface area contributed by atoms with E-state index in [1.165, 1.54) is 57.9 Å². The molecule has 0 atom stereocenters. The third-order valence-electron chi connectivity index (χ3n) is 5.40. The molecule has 8 nitrogen and oxygen atoms in total. The van der Waals surface area contributed by atoms with E-state index in [1.807, 2.05) is 25.1 Å². The zero-order chi connectivity index (χ0) is 24.9. The Morgan fingerprint density at radius 3 is 2.23 bits per heavy atom. The van der Waals surface area contributed by atoms with Crippen LogP contribution in [0.1, 0.15) is 22.8 Å². The van der Waals surface area contributed by atoms with Gasteiger partial charge in [0, 0.05) is 6.07 Å². The summed E-state index contributed by atoms with van der Waals surface area (Å²) >= 11 is 0. The Morgan fingerprint density at radius 2 is 1.57 bits per heavy atom. The molecule has 0 aliphatic carbocycles. The second-order valence-electron chi connectivity index (χ2n) is 7.45. The summed E-state index contributed by atoms with van der Waals surface area (Å²) in [6.45, 7) is 2.01. The number of carbonyl (C=O) groups is 1. The van der Waals surface area contributed by atoms with Gasteiger partial charge in [-0.3, -0.25) is 4.79 Å². The maximum Gasteiger partial charge on any atom is 0.343 e. The fraction of sp³-hybridized carbons (Fsp3) is 0.185. The second-order valence-corrected chi connectivity index (χ2v) is 7.45. The first kappa shape index (κ1) is 23.7. The van der Waals surface area contributed by atoms with Gasteiger partial charge in [-0.25, -0.2) is 4.79 Å². The number of hydrogen-bond donors (Lipinski definition) is 0. The lowest BCUT2D eigenvalue weighted by Crippen LogP contribution is -2.10. The average Bonchev–Trinajstić information content (AvgIpc) is 2.89. The Bertz CT molecular complexity index is 1410. The highest BCUT2D eigenvalue weighted by Crippen LogP contribution is 2.38. The highest BCUT2D eigenvalue weighted by Gasteiger charge is 2.19. The van der Waals surface area contributed by atoms with E-state index >= 15 is 0 Å². The number of ether oxygens (including phenoxy) is 5. The minimum Gasteiger partial charge on any atom is -0.493 e. The zero-order valence-electron chi connectivity index (χ0n) is 19.7. The van der Waals surface area contributed by atoms with Gasteiger partial charge in [0.25, 0.3) is 0 Å². The maximum atomic E-state index is 13.0. The standard InChI is InChI=1S/C27H24O8/c1-5-16-8-6-7-9-20(16)35-24-15-33-21-14-18(10-11-19(21)25(24)28)34-27(29)17-12-22(30-2)26(32-4)23(13-17)31-3/h6-15H,5H2,1-4H3.